The van der Waals surface area contributed by atoms with Crippen molar-refractivity contribution in [1.82, 2.24) is 9.88 Å². The molecule has 1 N–H and O–H groups in total. The number of fused-ring (bicyclic) bond motifs is 1. The Morgan fingerprint density at radius 2 is 1.91 bits per heavy atom. The van der Waals surface area contributed by atoms with Crippen molar-refractivity contribution < 1.29 is 33.6 Å². The first kappa shape index (κ1) is 30.2. The van der Waals surface area contributed by atoms with Gasteiger partial charge in [-0.05, 0) is 60.7 Å². The largest absolute Gasteiger partial charge is 0.496 e. The molecule has 1 fully saturated rings. The molecule has 0 unspecified atom stereocenters. The third-order valence-corrected chi connectivity index (χ3v) is 8.38. The smallest absolute Gasteiger partial charge is 0.308 e. The number of carbonyl (C=O) groups excluding carboxylic acids is 1. The van der Waals surface area contributed by atoms with E-state index in [0.717, 1.165) is 35.4 Å². The van der Waals surface area contributed by atoms with E-state index in [9.17, 15) is 14.7 Å². The van der Waals surface area contributed by atoms with E-state index in [1.807, 2.05) is 53.4 Å². The summed E-state index contributed by atoms with van der Waals surface area (Å²) in [6, 6.07) is 14.7. The predicted molar refractivity (Wildman–Crippen MR) is 161 cm³/mol. The summed E-state index contributed by atoms with van der Waals surface area (Å²) in [7, 11) is 3.18. The number of methoxy groups -OCH3 is 2. The van der Waals surface area contributed by atoms with E-state index < -0.39 is 23.8 Å². The minimum atomic E-state index is -0.906. The van der Waals surface area contributed by atoms with Gasteiger partial charge < -0.3 is 29.0 Å². The molecule has 2 aliphatic heterocycles. The zero-order chi connectivity index (χ0) is 30.3. The summed E-state index contributed by atoms with van der Waals surface area (Å²) in [5.41, 5.74) is 2.51. The lowest BCUT2D eigenvalue weighted by molar-refractivity contribution is -0.143. The molecule has 2 aromatic carbocycles. The number of hydrogen-bond donors (Lipinski definition) is 1. The highest BCUT2D eigenvalue weighted by Crippen LogP contribution is 2.47. The van der Waals surface area contributed by atoms with Gasteiger partial charge in [-0.2, -0.15) is 0 Å². The predicted octanol–water partition coefficient (Wildman–Crippen LogP) is 4.76. The Hall–Kier alpha value is -4.31. The molecular weight excluding hydrogens is 550 g/mol. The van der Waals surface area contributed by atoms with Crippen molar-refractivity contribution in [3.8, 4) is 23.0 Å². The lowest BCUT2D eigenvalue weighted by Gasteiger charge is -2.30. The summed E-state index contributed by atoms with van der Waals surface area (Å²) in [6.45, 7) is 3.19. The van der Waals surface area contributed by atoms with Gasteiger partial charge in [-0.1, -0.05) is 31.5 Å². The second kappa shape index (κ2) is 13.8. The zero-order valence-corrected chi connectivity index (χ0v) is 24.9. The maximum Gasteiger partial charge on any atom is 0.308 e. The van der Waals surface area contributed by atoms with Crippen LogP contribution in [0.4, 0.5) is 5.69 Å². The molecular formula is C33H39N3O7. The molecule has 0 radical (unpaired) electrons. The number of aromatic nitrogens is 1. The molecule has 0 bridgehead atoms. The van der Waals surface area contributed by atoms with Crippen LogP contribution in [-0.2, 0) is 16.0 Å². The first-order chi connectivity index (χ1) is 20.9. The van der Waals surface area contributed by atoms with Crippen molar-refractivity contribution in [2.24, 2.45) is 5.92 Å². The van der Waals surface area contributed by atoms with Crippen LogP contribution in [0.3, 0.4) is 0 Å². The molecule has 10 heteroatoms. The molecule has 10 nitrogen and oxygen atoms in total. The maximum absolute atomic E-state index is 13.9. The van der Waals surface area contributed by atoms with E-state index in [4.69, 9.17) is 18.9 Å². The number of aliphatic carboxylic acids is 1. The van der Waals surface area contributed by atoms with Crippen molar-refractivity contribution in [3.05, 3.63) is 72.1 Å². The number of rotatable bonds is 13. The number of hydrogen-bond acceptors (Lipinski definition) is 8. The van der Waals surface area contributed by atoms with Crippen LogP contribution in [0, 0.1) is 5.92 Å². The van der Waals surface area contributed by atoms with Crippen LogP contribution in [0.15, 0.2) is 60.9 Å². The molecule has 228 valence electrons. The summed E-state index contributed by atoms with van der Waals surface area (Å²) < 4.78 is 22.4. The fraction of sp³-hybridized carbons (Fsp3) is 0.424. The molecule has 0 aliphatic carbocycles. The molecule has 3 atom stereocenters. The Balaban J connectivity index is 1.48. The minimum Gasteiger partial charge on any atom is -0.496 e. The highest BCUT2D eigenvalue weighted by molar-refractivity contribution is 5.94. The zero-order valence-electron chi connectivity index (χ0n) is 24.9. The van der Waals surface area contributed by atoms with Gasteiger partial charge in [0.1, 0.15) is 5.75 Å². The molecule has 3 aromatic rings. The van der Waals surface area contributed by atoms with Crippen LogP contribution in [0.2, 0.25) is 0 Å². The van der Waals surface area contributed by atoms with Crippen LogP contribution in [0.1, 0.15) is 43.2 Å². The molecule has 0 spiro atoms. The van der Waals surface area contributed by atoms with Gasteiger partial charge in [0.2, 0.25) is 18.4 Å². The quantitative estimate of drug-likeness (QED) is 0.302. The van der Waals surface area contributed by atoms with Gasteiger partial charge in [0, 0.05) is 31.2 Å². The highest BCUT2D eigenvalue weighted by atomic mass is 16.7. The Bertz CT molecular complexity index is 1420. The SMILES string of the molecule is CCCCN(C(=O)CN1C[C@H](c2cc(OC)c3c(c2)OCO3)[C@@H](C(=O)O)[C@@H]1CCc1ccccc1OC)c1cccnc1. The highest BCUT2D eigenvalue weighted by Gasteiger charge is 2.47. The van der Waals surface area contributed by atoms with Crippen LogP contribution in [-0.4, -0.2) is 73.6 Å². The number of carboxylic acid groups (broad SMARTS) is 1. The van der Waals surface area contributed by atoms with Crippen molar-refractivity contribution in [2.45, 2.75) is 44.6 Å². The molecule has 1 amide bonds. The number of aryl methyl sites for hydroxylation is 1. The van der Waals surface area contributed by atoms with Gasteiger partial charge in [0.05, 0.1) is 38.6 Å². The second-order valence-corrected chi connectivity index (χ2v) is 10.9. The molecule has 0 saturated carbocycles. The van der Waals surface area contributed by atoms with Crippen molar-refractivity contribution in [3.63, 3.8) is 0 Å². The van der Waals surface area contributed by atoms with E-state index in [1.54, 1.807) is 31.5 Å². The van der Waals surface area contributed by atoms with E-state index in [1.165, 1.54) is 0 Å². The molecule has 1 saturated heterocycles. The lowest BCUT2D eigenvalue weighted by atomic mass is 9.83. The van der Waals surface area contributed by atoms with Crippen molar-refractivity contribution in [2.75, 3.05) is 45.5 Å². The molecule has 2 aliphatic rings. The molecule has 5 rings (SSSR count). The maximum atomic E-state index is 13.9. The van der Waals surface area contributed by atoms with Gasteiger partial charge >= 0.3 is 5.97 Å². The average molecular weight is 590 g/mol. The Labute approximate surface area is 252 Å². The number of pyridine rings is 1. The van der Waals surface area contributed by atoms with E-state index in [0.29, 0.717) is 43.2 Å². The van der Waals surface area contributed by atoms with Crippen LogP contribution < -0.4 is 23.8 Å². The first-order valence-corrected chi connectivity index (χ1v) is 14.7. The topological polar surface area (TPSA) is 111 Å². The van der Waals surface area contributed by atoms with Gasteiger partial charge in [-0.3, -0.25) is 19.5 Å². The van der Waals surface area contributed by atoms with Crippen LogP contribution in [0.25, 0.3) is 0 Å². The van der Waals surface area contributed by atoms with E-state index in [2.05, 4.69) is 11.9 Å². The molecule has 43 heavy (non-hydrogen) atoms. The summed E-state index contributed by atoms with van der Waals surface area (Å²) in [5, 5.41) is 10.6. The molecule has 1 aromatic heterocycles. The third-order valence-electron chi connectivity index (χ3n) is 8.38. The summed E-state index contributed by atoms with van der Waals surface area (Å²) in [4.78, 5) is 35.0. The number of para-hydroxylation sites is 1. The monoisotopic (exact) mass is 589 g/mol. The summed E-state index contributed by atoms with van der Waals surface area (Å²) in [5.74, 6) is 0.133. The Kier molecular flexibility index (Phi) is 9.66. The van der Waals surface area contributed by atoms with Crippen LogP contribution in [0.5, 0.6) is 23.0 Å². The van der Waals surface area contributed by atoms with Crippen LogP contribution >= 0.6 is 0 Å². The Morgan fingerprint density at radius 1 is 1.09 bits per heavy atom. The third kappa shape index (κ3) is 6.54. The van der Waals surface area contributed by atoms with Crippen molar-refractivity contribution in [1.29, 1.82) is 0 Å². The van der Waals surface area contributed by atoms with Gasteiger partial charge in [-0.15, -0.1) is 0 Å². The fourth-order valence-electron chi connectivity index (χ4n) is 6.25. The number of nitrogens with zero attached hydrogens (tertiary/aromatic N) is 3. The van der Waals surface area contributed by atoms with E-state index in [-0.39, 0.29) is 19.2 Å². The van der Waals surface area contributed by atoms with Gasteiger partial charge in [0.25, 0.3) is 0 Å². The number of benzene rings is 2. The number of unbranched alkanes of at least 4 members (excludes halogenated alkanes) is 1. The van der Waals surface area contributed by atoms with Crippen molar-refractivity contribution >= 4 is 17.6 Å². The van der Waals surface area contributed by atoms with Gasteiger partial charge in [-0.25, -0.2) is 0 Å². The normalized spacial score (nSPS) is 19.3. The minimum absolute atomic E-state index is 0.0757. The van der Waals surface area contributed by atoms with Gasteiger partial charge in [0.15, 0.2) is 11.5 Å². The number of anilines is 1. The number of ether oxygens (including phenoxy) is 4. The Morgan fingerprint density at radius 3 is 2.63 bits per heavy atom. The van der Waals surface area contributed by atoms with E-state index >= 15 is 0 Å². The number of amides is 1. The fourth-order valence-corrected chi connectivity index (χ4v) is 6.25. The average Bonchev–Trinajstić information content (AvgIpc) is 3.65. The summed E-state index contributed by atoms with van der Waals surface area (Å²) >= 11 is 0. The molecule has 3 heterocycles. The summed E-state index contributed by atoms with van der Waals surface area (Å²) in [6.07, 6.45) is 6.28. The lowest BCUT2D eigenvalue weighted by Crippen LogP contribution is -2.44. The number of carbonyl (C=O) groups is 2. The second-order valence-electron chi connectivity index (χ2n) is 10.9. The number of likely N-dealkylation sites (tertiary alicyclic amines) is 1. The first-order valence-electron chi connectivity index (χ1n) is 14.7. The number of carboxylic acids is 1. The standard InChI is InChI=1S/C33H39N3O7/c1-4-5-15-36(24-10-8-14-34-18-24)30(37)20-35-19-25(23-16-28(41-3)32-29(17-23)42-21-43-32)31(33(38)39)26(35)13-12-22-9-6-7-11-27(22)40-2/h6-11,14,16-18,25-26,31H,4-5,12-13,15,19-21H2,1-3H3,(H,38,39)/t25-,26+,31-/m1/s1.